The molecule has 0 fully saturated rings. The summed E-state index contributed by atoms with van der Waals surface area (Å²) in [7, 11) is 1.66. The Kier molecular flexibility index (Phi) is 4.73. The molecule has 0 aliphatic carbocycles. The van der Waals surface area contributed by atoms with Crippen molar-refractivity contribution < 1.29 is 4.74 Å². The number of rotatable bonds is 5. The molecular formula is C19H15BrN4OS. The third-order valence-electron chi connectivity index (χ3n) is 3.81. The molecule has 26 heavy (non-hydrogen) atoms. The number of methoxy groups -OCH3 is 1. The Morgan fingerprint density at radius 2 is 1.50 bits per heavy atom. The maximum atomic E-state index is 5.18. The van der Waals surface area contributed by atoms with Crippen LogP contribution in [0.4, 0.5) is 22.9 Å². The topological polar surface area (TPSA) is 59.1 Å². The van der Waals surface area contributed by atoms with Gasteiger partial charge in [-0.3, -0.25) is 0 Å². The molecule has 5 nitrogen and oxygen atoms in total. The number of benzene rings is 2. The number of nitrogens with zero attached hydrogens (tertiary/aromatic N) is 2. The van der Waals surface area contributed by atoms with Gasteiger partial charge in [0, 0.05) is 17.1 Å². The van der Waals surface area contributed by atoms with Gasteiger partial charge >= 0.3 is 0 Å². The Bertz CT molecular complexity index is 1030. The van der Waals surface area contributed by atoms with Gasteiger partial charge in [-0.15, -0.1) is 11.3 Å². The van der Waals surface area contributed by atoms with Crippen molar-refractivity contribution in [3.63, 3.8) is 0 Å². The molecule has 0 atom stereocenters. The predicted octanol–water partition coefficient (Wildman–Crippen LogP) is 5.95. The normalized spacial score (nSPS) is 10.7. The Morgan fingerprint density at radius 1 is 0.885 bits per heavy atom. The highest BCUT2D eigenvalue weighted by Gasteiger charge is 2.08. The molecule has 0 spiro atoms. The SMILES string of the molecule is COc1ccc(Nc2ccc(Nc3ncnc4cc(Br)sc34)cc2)cc1. The van der Waals surface area contributed by atoms with E-state index in [1.54, 1.807) is 24.8 Å². The molecule has 0 saturated heterocycles. The number of anilines is 4. The van der Waals surface area contributed by atoms with Gasteiger partial charge in [-0.05, 0) is 70.5 Å². The molecule has 130 valence electrons. The van der Waals surface area contributed by atoms with Gasteiger partial charge in [0.2, 0.25) is 0 Å². The first-order valence-corrected chi connectivity index (χ1v) is 9.50. The molecule has 4 rings (SSSR count). The van der Waals surface area contributed by atoms with Gasteiger partial charge in [-0.25, -0.2) is 9.97 Å². The molecule has 2 aromatic carbocycles. The molecule has 0 unspecified atom stereocenters. The van der Waals surface area contributed by atoms with Crippen LogP contribution in [-0.4, -0.2) is 17.1 Å². The van der Waals surface area contributed by atoms with Crippen LogP contribution in [0, 0.1) is 0 Å². The third-order valence-corrected chi connectivity index (χ3v) is 5.44. The minimum absolute atomic E-state index is 0.807. The van der Waals surface area contributed by atoms with Crippen molar-refractivity contribution in [3.8, 4) is 5.75 Å². The maximum absolute atomic E-state index is 5.18. The van der Waals surface area contributed by atoms with Crippen molar-refractivity contribution >= 4 is 60.4 Å². The number of nitrogens with one attached hydrogen (secondary N) is 2. The van der Waals surface area contributed by atoms with Crippen molar-refractivity contribution in [2.24, 2.45) is 0 Å². The first-order valence-electron chi connectivity index (χ1n) is 7.89. The quantitative estimate of drug-likeness (QED) is 0.412. The molecule has 0 aliphatic heterocycles. The molecule has 0 bridgehead atoms. The summed E-state index contributed by atoms with van der Waals surface area (Å²) in [6.45, 7) is 0. The van der Waals surface area contributed by atoms with E-state index in [0.29, 0.717) is 0 Å². The van der Waals surface area contributed by atoms with Crippen molar-refractivity contribution in [1.29, 1.82) is 0 Å². The van der Waals surface area contributed by atoms with Crippen LogP contribution in [0.3, 0.4) is 0 Å². The summed E-state index contributed by atoms with van der Waals surface area (Å²) in [6, 6.07) is 17.9. The van der Waals surface area contributed by atoms with Crippen molar-refractivity contribution in [2.75, 3.05) is 17.7 Å². The van der Waals surface area contributed by atoms with E-state index in [4.69, 9.17) is 4.74 Å². The summed E-state index contributed by atoms with van der Waals surface area (Å²) in [5.74, 6) is 1.65. The minimum Gasteiger partial charge on any atom is -0.497 e. The summed E-state index contributed by atoms with van der Waals surface area (Å²) >= 11 is 5.11. The number of aromatic nitrogens is 2. The zero-order chi connectivity index (χ0) is 17.9. The fraction of sp³-hybridized carbons (Fsp3) is 0.0526. The molecule has 7 heteroatoms. The Labute approximate surface area is 163 Å². The summed E-state index contributed by atoms with van der Waals surface area (Å²) < 4.78 is 7.24. The van der Waals surface area contributed by atoms with Crippen LogP contribution in [0.2, 0.25) is 0 Å². The fourth-order valence-corrected chi connectivity index (χ4v) is 4.01. The van der Waals surface area contributed by atoms with E-state index in [2.05, 4.69) is 36.5 Å². The number of ether oxygens (including phenoxy) is 1. The second-order valence-corrected chi connectivity index (χ2v) is 7.97. The van der Waals surface area contributed by atoms with Crippen LogP contribution in [0.25, 0.3) is 10.2 Å². The summed E-state index contributed by atoms with van der Waals surface area (Å²) in [4.78, 5) is 8.65. The average Bonchev–Trinajstić information content (AvgIpc) is 3.05. The lowest BCUT2D eigenvalue weighted by molar-refractivity contribution is 0.415. The van der Waals surface area contributed by atoms with Crippen LogP contribution in [0.5, 0.6) is 5.75 Å². The largest absolute Gasteiger partial charge is 0.497 e. The van der Waals surface area contributed by atoms with E-state index in [1.165, 1.54) is 0 Å². The number of hydrogen-bond acceptors (Lipinski definition) is 6. The highest BCUT2D eigenvalue weighted by Crippen LogP contribution is 2.33. The molecule has 0 amide bonds. The van der Waals surface area contributed by atoms with Gasteiger partial charge < -0.3 is 15.4 Å². The van der Waals surface area contributed by atoms with Crippen LogP contribution in [0.15, 0.2) is 64.7 Å². The Morgan fingerprint density at radius 3 is 2.15 bits per heavy atom. The summed E-state index contributed by atoms with van der Waals surface area (Å²) in [5.41, 5.74) is 3.91. The zero-order valence-corrected chi connectivity index (χ0v) is 16.3. The van der Waals surface area contributed by atoms with Crippen LogP contribution in [-0.2, 0) is 0 Å². The summed E-state index contributed by atoms with van der Waals surface area (Å²) in [6.07, 6.45) is 1.57. The van der Waals surface area contributed by atoms with Crippen LogP contribution < -0.4 is 15.4 Å². The van der Waals surface area contributed by atoms with Gasteiger partial charge in [0.15, 0.2) is 5.82 Å². The first kappa shape index (κ1) is 16.8. The van der Waals surface area contributed by atoms with Gasteiger partial charge in [-0.1, -0.05) is 0 Å². The first-order chi connectivity index (χ1) is 12.7. The second kappa shape index (κ2) is 7.31. The zero-order valence-electron chi connectivity index (χ0n) is 13.9. The lowest BCUT2D eigenvalue weighted by atomic mass is 10.2. The molecule has 0 aliphatic rings. The van der Waals surface area contributed by atoms with Crippen molar-refractivity contribution in [1.82, 2.24) is 9.97 Å². The number of fused-ring (bicyclic) bond motifs is 1. The van der Waals surface area contributed by atoms with Gasteiger partial charge in [0.05, 0.1) is 21.1 Å². The fourth-order valence-electron chi connectivity index (χ4n) is 2.53. The predicted molar refractivity (Wildman–Crippen MR) is 111 cm³/mol. The molecule has 0 radical (unpaired) electrons. The molecule has 2 aromatic heterocycles. The Hall–Kier alpha value is -2.64. The van der Waals surface area contributed by atoms with E-state index in [0.717, 1.165) is 42.6 Å². The van der Waals surface area contributed by atoms with Gasteiger partial charge in [-0.2, -0.15) is 0 Å². The maximum Gasteiger partial charge on any atom is 0.151 e. The van der Waals surface area contributed by atoms with E-state index >= 15 is 0 Å². The minimum atomic E-state index is 0.807. The van der Waals surface area contributed by atoms with Crippen LogP contribution >= 0.6 is 27.3 Å². The summed E-state index contributed by atoms with van der Waals surface area (Å²) in [5, 5.41) is 6.73. The lowest BCUT2D eigenvalue weighted by Crippen LogP contribution is -1.95. The number of halogens is 1. The highest BCUT2D eigenvalue weighted by molar-refractivity contribution is 9.11. The third kappa shape index (κ3) is 3.63. The smallest absolute Gasteiger partial charge is 0.151 e. The molecular weight excluding hydrogens is 412 g/mol. The standard InChI is InChI=1S/C19H15BrN4OS/c1-25-15-8-6-13(7-9-15)23-12-2-4-14(5-3-12)24-19-18-16(21-11-22-19)10-17(20)26-18/h2-11,23H,1H3,(H,21,22,24). The number of hydrogen-bond donors (Lipinski definition) is 2. The molecule has 4 aromatic rings. The van der Waals surface area contributed by atoms with E-state index in [9.17, 15) is 0 Å². The highest BCUT2D eigenvalue weighted by atomic mass is 79.9. The van der Waals surface area contributed by atoms with E-state index in [1.807, 2.05) is 54.6 Å². The monoisotopic (exact) mass is 426 g/mol. The van der Waals surface area contributed by atoms with E-state index in [-0.39, 0.29) is 0 Å². The van der Waals surface area contributed by atoms with E-state index < -0.39 is 0 Å². The Balaban J connectivity index is 1.50. The molecule has 0 saturated carbocycles. The van der Waals surface area contributed by atoms with Crippen LogP contribution in [0.1, 0.15) is 0 Å². The second-order valence-electron chi connectivity index (χ2n) is 5.54. The number of thiophene rings is 1. The lowest BCUT2D eigenvalue weighted by Gasteiger charge is -2.10. The van der Waals surface area contributed by atoms with Crippen molar-refractivity contribution in [3.05, 3.63) is 64.7 Å². The van der Waals surface area contributed by atoms with Gasteiger partial charge in [0.1, 0.15) is 12.1 Å². The van der Waals surface area contributed by atoms with Gasteiger partial charge in [0.25, 0.3) is 0 Å². The average molecular weight is 427 g/mol. The molecule has 2 N–H and O–H groups in total. The molecule has 2 heterocycles. The van der Waals surface area contributed by atoms with Crippen molar-refractivity contribution in [2.45, 2.75) is 0 Å².